The summed E-state index contributed by atoms with van der Waals surface area (Å²) >= 11 is 3.53. The van der Waals surface area contributed by atoms with Crippen LogP contribution in [0.5, 0.6) is 11.5 Å². The summed E-state index contributed by atoms with van der Waals surface area (Å²) in [6, 6.07) is 3.87. The lowest BCUT2D eigenvalue weighted by atomic mass is 10.2. The molecule has 0 bridgehead atoms. The van der Waals surface area contributed by atoms with Gasteiger partial charge in [0.2, 0.25) is 0 Å². The molecule has 3 nitrogen and oxygen atoms in total. The van der Waals surface area contributed by atoms with Crippen LogP contribution in [0.3, 0.4) is 0 Å². The standard InChI is InChI=1S/C12H18BrNO2/c1-4-7-14-8-9-10(13)5-6-11(15-2)12(9)16-3/h5-6,14H,4,7-8H2,1-3H3. The fourth-order valence-corrected chi connectivity index (χ4v) is 1.97. The Balaban J connectivity index is 2.94. The summed E-state index contributed by atoms with van der Waals surface area (Å²) in [6.45, 7) is 3.91. The van der Waals surface area contributed by atoms with Gasteiger partial charge in [0.1, 0.15) is 0 Å². The summed E-state index contributed by atoms with van der Waals surface area (Å²) in [5.74, 6) is 1.56. The van der Waals surface area contributed by atoms with Crippen molar-refractivity contribution >= 4 is 15.9 Å². The number of nitrogens with one attached hydrogen (secondary N) is 1. The predicted octanol–water partition coefficient (Wildman–Crippen LogP) is 2.97. The van der Waals surface area contributed by atoms with Crippen LogP contribution in [-0.4, -0.2) is 20.8 Å². The van der Waals surface area contributed by atoms with Crippen LogP contribution in [0.4, 0.5) is 0 Å². The van der Waals surface area contributed by atoms with Gasteiger partial charge in [-0.3, -0.25) is 0 Å². The molecular formula is C12H18BrNO2. The van der Waals surface area contributed by atoms with Crippen molar-refractivity contribution < 1.29 is 9.47 Å². The minimum atomic E-state index is 0.763. The van der Waals surface area contributed by atoms with Crippen molar-refractivity contribution in [2.45, 2.75) is 19.9 Å². The molecule has 0 aliphatic heterocycles. The van der Waals surface area contributed by atoms with Gasteiger partial charge in [-0.25, -0.2) is 0 Å². The zero-order valence-corrected chi connectivity index (χ0v) is 11.6. The zero-order valence-electron chi connectivity index (χ0n) is 9.97. The average molecular weight is 288 g/mol. The highest BCUT2D eigenvalue weighted by Crippen LogP contribution is 2.35. The van der Waals surface area contributed by atoms with Gasteiger partial charge in [0.25, 0.3) is 0 Å². The molecule has 0 saturated heterocycles. The lowest BCUT2D eigenvalue weighted by Crippen LogP contribution is -2.15. The Bertz CT molecular complexity index is 342. The third-order valence-corrected chi connectivity index (χ3v) is 3.06. The molecule has 0 aromatic heterocycles. The van der Waals surface area contributed by atoms with Crippen LogP contribution in [0.25, 0.3) is 0 Å². The smallest absolute Gasteiger partial charge is 0.166 e. The number of ether oxygens (including phenoxy) is 2. The Morgan fingerprint density at radius 3 is 2.56 bits per heavy atom. The Morgan fingerprint density at radius 1 is 1.25 bits per heavy atom. The van der Waals surface area contributed by atoms with Gasteiger partial charge in [-0.1, -0.05) is 22.9 Å². The first kappa shape index (κ1) is 13.3. The van der Waals surface area contributed by atoms with E-state index in [4.69, 9.17) is 9.47 Å². The number of rotatable bonds is 6. The Hall–Kier alpha value is -0.740. The quantitative estimate of drug-likeness (QED) is 0.816. The van der Waals surface area contributed by atoms with E-state index in [1.165, 1.54) is 0 Å². The summed E-state index contributed by atoms with van der Waals surface area (Å²) in [5, 5.41) is 3.35. The first-order valence-corrected chi connectivity index (χ1v) is 6.14. The Morgan fingerprint density at radius 2 is 2.00 bits per heavy atom. The Labute approximate surface area is 105 Å². The van der Waals surface area contributed by atoms with E-state index in [0.29, 0.717) is 0 Å². The second-order valence-corrected chi connectivity index (χ2v) is 4.29. The lowest BCUT2D eigenvalue weighted by molar-refractivity contribution is 0.350. The summed E-state index contributed by atoms with van der Waals surface area (Å²) in [6.07, 6.45) is 1.11. The predicted molar refractivity (Wildman–Crippen MR) is 69.2 cm³/mol. The van der Waals surface area contributed by atoms with Gasteiger partial charge in [0.15, 0.2) is 11.5 Å². The number of methoxy groups -OCH3 is 2. The van der Waals surface area contributed by atoms with Crippen molar-refractivity contribution in [2.24, 2.45) is 0 Å². The van der Waals surface area contributed by atoms with Crippen molar-refractivity contribution in [3.63, 3.8) is 0 Å². The zero-order chi connectivity index (χ0) is 12.0. The minimum Gasteiger partial charge on any atom is -0.493 e. The normalized spacial score (nSPS) is 10.2. The largest absolute Gasteiger partial charge is 0.493 e. The maximum absolute atomic E-state index is 5.38. The van der Waals surface area contributed by atoms with Crippen molar-refractivity contribution in [3.05, 3.63) is 22.2 Å². The van der Waals surface area contributed by atoms with Crippen LogP contribution in [-0.2, 0) is 6.54 Å². The molecule has 1 N–H and O–H groups in total. The molecule has 1 aromatic carbocycles. The van der Waals surface area contributed by atoms with Gasteiger partial charge < -0.3 is 14.8 Å². The molecule has 0 heterocycles. The molecule has 90 valence electrons. The molecule has 0 spiro atoms. The third kappa shape index (κ3) is 3.12. The summed E-state index contributed by atoms with van der Waals surface area (Å²) in [7, 11) is 3.31. The van der Waals surface area contributed by atoms with Gasteiger partial charge in [0, 0.05) is 16.6 Å². The van der Waals surface area contributed by atoms with E-state index in [0.717, 1.165) is 41.0 Å². The van der Waals surface area contributed by atoms with E-state index in [1.54, 1.807) is 14.2 Å². The van der Waals surface area contributed by atoms with Crippen LogP contribution < -0.4 is 14.8 Å². The summed E-state index contributed by atoms with van der Waals surface area (Å²) in [5.41, 5.74) is 1.09. The third-order valence-electron chi connectivity index (χ3n) is 2.32. The molecule has 4 heteroatoms. The van der Waals surface area contributed by atoms with Gasteiger partial charge in [-0.05, 0) is 25.1 Å². The van der Waals surface area contributed by atoms with Gasteiger partial charge >= 0.3 is 0 Å². The fourth-order valence-electron chi connectivity index (χ4n) is 1.52. The molecule has 0 unspecified atom stereocenters. The topological polar surface area (TPSA) is 30.5 Å². The first-order valence-electron chi connectivity index (χ1n) is 5.34. The fraction of sp³-hybridized carbons (Fsp3) is 0.500. The van der Waals surface area contributed by atoms with Crippen LogP contribution in [0.15, 0.2) is 16.6 Å². The van der Waals surface area contributed by atoms with E-state index in [9.17, 15) is 0 Å². The van der Waals surface area contributed by atoms with Gasteiger partial charge in [0.05, 0.1) is 14.2 Å². The molecule has 0 radical (unpaired) electrons. The SMILES string of the molecule is CCCNCc1c(Br)ccc(OC)c1OC. The second kappa shape index (κ2) is 6.76. The molecule has 1 rings (SSSR count). The van der Waals surface area contributed by atoms with Gasteiger partial charge in [-0.2, -0.15) is 0 Å². The van der Waals surface area contributed by atoms with E-state index in [1.807, 2.05) is 12.1 Å². The van der Waals surface area contributed by atoms with Crippen molar-refractivity contribution in [3.8, 4) is 11.5 Å². The molecular weight excluding hydrogens is 270 g/mol. The summed E-state index contributed by atoms with van der Waals surface area (Å²) < 4.78 is 11.7. The number of hydrogen-bond donors (Lipinski definition) is 1. The molecule has 0 aliphatic rings. The van der Waals surface area contributed by atoms with Crippen molar-refractivity contribution in [2.75, 3.05) is 20.8 Å². The summed E-state index contributed by atoms with van der Waals surface area (Å²) in [4.78, 5) is 0. The Kier molecular flexibility index (Phi) is 5.63. The maximum atomic E-state index is 5.38. The maximum Gasteiger partial charge on any atom is 0.166 e. The molecule has 0 aliphatic carbocycles. The van der Waals surface area contributed by atoms with Crippen LogP contribution in [0, 0.1) is 0 Å². The first-order chi connectivity index (χ1) is 7.74. The molecule has 16 heavy (non-hydrogen) atoms. The van der Waals surface area contributed by atoms with Crippen LogP contribution >= 0.6 is 15.9 Å². The van der Waals surface area contributed by atoms with Crippen LogP contribution in [0.2, 0.25) is 0 Å². The number of benzene rings is 1. The monoisotopic (exact) mass is 287 g/mol. The highest BCUT2D eigenvalue weighted by atomic mass is 79.9. The van der Waals surface area contributed by atoms with Crippen LogP contribution in [0.1, 0.15) is 18.9 Å². The highest BCUT2D eigenvalue weighted by Gasteiger charge is 2.12. The van der Waals surface area contributed by atoms with E-state index in [-0.39, 0.29) is 0 Å². The molecule has 0 amide bonds. The molecule has 1 aromatic rings. The van der Waals surface area contributed by atoms with E-state index >= 15 is 0 Å². The van der Waals surface area contributed by atoms with Crippen molar-refractivity contribution in [1.82, 2.24) is 5.32 Å². The lowest BCUT2D eigenvalue weighted by Gasteiger charge is -2.14. The minimum absolute atomic E-state index is 0.763. The van der Waals surface area contributed by atoms with Gasteiger partial charge in [-0.15, -0.1) is 0 Å². The number of hydrogen-bond acceptors (Lipinski definition) is 3. The molecule has 0 fully saturated rings. The average Bonchev–Trinajstić information content (AvgIpc) is 2.31. The van der Waals surface area contributed by atoms with Crippen molar-refractivity contribution in [1.29, 1.82) is 0 Å². The van der Waals surface area contributed by atoms with E-state index < -0.39 is 0 Å². The molecule has 0 saturated carbocycles. The molecule has 0 atom stereocenters. The van der Waals surface area contributed by atoms with E-state index in [2.05, 4.69) is 28.2 Å². The second-order valence-electron chi connectivity index (χ2n) is 3.44. The number of halogens is 1. The highest BCUT2D eigenvalue weighted by molar-refractivity contribution is 9.10.